The first kappa shape index (κ1) is 18.9. The van der Waals surface area contributed by atoms with Gasteiger partial charge in [0.2, 0.25) is 0 Å². The van der Waals surface area contributed by atoms with Crippen LogP contribution in [0.4, 0.5) is 0 Å². The third-order valence-electron chi connectivity index (χ3n) is 4.98. The van der Waals surface area contributed by atoms with Gasteiger partial charge in [0.25, 0.3) is 0 Å². The van der Waals surface area contributed by atoms with Gasteiger partial charge < -0.3 is 10.1 Å². The highest BCUT2D eigenvalue weighted by molar-refractivity contribution is 4.94. The van der Waals surface area contributed by atoms with Crippen LogP contribution < -0.4 is 5.32 Å². The first-order chi connectivity index (χ1) is 10.1. The third kappa shape index (κ3) is 6.66. The molecule has 126 valence electrons. The number of nitrogens with one attached hydrogen (secondary N) is 1. The lowest BCUT2D eigenvalue weighted by atomic mass is 9.87. The molecule has 1 aliphatic heterocycles. The van der Waals surface area contributed by atoms with Gasteiger partial charge in [0.05, 0.1) is 13.2 Å². The molecule has 1 rings (SSSR count). The lowest BCUT2D eigenvalue weighted by molar-refractivity contribution is -0.0244. The summed E-state index contributed by atoms with van der Waals surface area (Å²) in [5, 5.41) is 3.74. The predicted molar refractivity (Wildman–Crippen MR) is 91.9 cm³/mol. The van der Waals surface area contributed by atoms with Crippen LogP contribution in [0.2, 0.25) is 0 Å². The van der Waals surface area contributed by atoms with Crippen LogP contribution in [-0.4, -0.2) is 49.3 Å². The molecular formula is C18H38N2O. The van der Waals surface area contributed by atoms with E-state index in [0.717, 1.165) is 32.8 Å². The van der Waals surface area contributed by atoms with E-state index in [-0.39, 0.29) is 5.54 Å². The van der Waals surface area contributed by atoms with Crippen LogP contribution >= 0.6 is 0 Å². The molecule has 0 aromatic rings. The number of morpholine rings is 1. The summed E-state index contributed by atoms with van der Waals surface area (Å²) >= 11 is 0. The number of likely N-dealkylation sites (N-methyl/N-ethyl adjacent to an activating group) is 1. The number of hydrogen-bond acceptors (Lipinski definition) is 3. The topological polar surface area (TPSA) is 24.5 Å². The van der Waals surface area contributed by atoms with Crippen LogP contribution in [0.15, 0.2) is 0 Å². The van der Waals surface area contributed by atoms with E-state index in [9.17, 15) is 0 Å². The van der Waals surface area contributed by atoms with Gasteiger partial charge in [-0.3, -0.25) is 4.90 Å². The fourth-order valence-corrected chi connectivity index (χ4v) is 3.44. The van der Waals surface area contributed by atoms with Gasteiger partial charge in [0.1, 0.15) is 0 Å². The fraction of sp³-hybridized carbons (Fsp3) is 1.00. The second kappa shape index (κ2) is 10.6. The first-order valence-electron chi connectivity index (χ1n) is 9.19. The van der Waals surface area contributed by atoms with Crippen molar-refractivity contribution >= 4 is 0 Å². The van der Waals surface area contributed by atoms with E-state index < -0.39 is 0 Å². The predicted octanol–water partition coefficient (Wildman–Crippen LogP) is 3.83. The molecule has 0 amide bonds. The average molecular weight is 299 g/mol. The second-order valence-corrected chi connectivity index (χ2v) is 6.92. The lowest BCUT2D eigenvalue weighted by Gasteiger charge is -2.46. The molecule has 1 atom stereocenters. The molecule has 0 bridgehead atoms. The van der Waals surface area contributed by atoms with Crippen molar-refractivity contribution in [2.45, 2.75) is 84.2 Å². The Bertz CT molecular complexity index is 250. The van der Waals surface area contributed by atoms with Crippen molar-refractivity contribution in [2.75, 3.05) is 32.8 Å². The second-order valence-electron chi connectivity index (χ2n) is 6.92. The summed E-state index contributed by atoms with van der Waals surface area (Å²) in [4.78, 5) is 2.61. The Labute approximate surface area is 132 Å². The van der Waals surface area contributed by atoms with Gasteiger partial charge in [-0.2, -0.15) is 0 Å². The summed E-state index contributed by atoms with van der Waals surface area (Å²) in [6.07, 6.45) is 9.60. The van der Waals surface area contributed by atoms with Crippen molar-refractivity contribution < 1.29 is 4.74 Å². The third-order valence-corrected chi connectivity index (χ3v) is 4.98. The molecule has 1 saturated heterocycles. The first-order valence-corrected chi connectivity index (χ1v) is 9.19. The Morgan fingerprint density at radius 2 is 1.62 bits per heavy atom. The summed E-state index contributed by atoms with van der Waals surface area (Å²) in [5.74, 6) is 0. The maximum Gasteiger partial charge on any atom is 0.0594 e. The van der Waals surface area contributed by atoms with Crippen molar-refractivity contribution in [1.82, 2.24) is 10.2 Å². The van der Waals surface area contributed by atoms with Crippen molar-refractivity contribution in [3.05, 3.63) is 0 Å². The highest BCUT2D eigenvalue weighted by Gasteiger charge is 2.35. The van der Waals surface area contributed by atoms with Crippen LogP contribution in [0.3, 0.4) is 0 Å². The summed E-state index contributed by atoms with van der Waals surface area (Å²) in [5.41, 5.74) is 0.225. The van der Waals surface area contributed by atoms with Gasteiger partial charge in [0, 0.05) is 24.7 Å². The standard InChI is InChI=1S/C18H38N2O/c1-5-7-8-9-10-11-12-17(19-6-2)18(3,4)20-13-15-21-16-14-20/h17,19H,5-16H2,1-4H3. The molecule has 0 aromatic heterocycles. The van der Waals surface area contributed by atoms with Crippen molar-refractivity contribution in [1.29, 1.82) is 0 Å². The fourth-order valence-electron chi connectivity index (χ4n) is 3.44. The van der Waals surface area contributed by atoms with Gasteiger partial charge in [-0.25, -0.2) is 0 Å². The van der Waals surface area contributed by atoms with Crippen molar-refractivity contribution in [3.63, 3.8) is 0 Å². The quantitative estimate of drug-likeness (QED) is 0.587. The number of ether oxygens (including phenoxy) is 1. The molecule has 0 radical (unpaired) electrons. The number of hydrogen-bond donors (Lipinski definition) is 1. The summed E-state index contributed by atoms with van der Waals surface area (Å²) in [7, 11) is 0. The Morgan fingerprint density at radius 3 is 2.24 bits per heavy atom. The van der Waals surface area contributed by atoms with E-state index in [2.05, 4.69) is 37.9 Å². The van der Waals surface area contributed by atoms with Crippen LogP contribution in [0.1, 0.15) is 72.6 Å². The zero-order chi connectivity index (χ0) is 15.6. The van der Waals surface area contributed by atoms with E-state index >= 15 is 0 Å². The summed E-state index contributed by atoms with van der Waals surface area (Å²) in [6.45, 7) is 14.3. The van der Waals surface area contributed by atoms with Crippen LogP contribution in [0.25, 0.3) is 0 Å². The van der Waals surface area contributed by atoms with Crippen LogP contribution in [0, 0.1) is 0 Å². The van der Waals surface area contributed by atoms with Crippen LogP contribution in [-0.2, 0) is 4.74 Å². The van der Waals surface area contributed by atoms with Gasteiger partial charge in [-0.1, -0.05) is 52.4 Å². The monoisotopic (exact) mass is 298 g/mol. The van der Waals surface area contributed by atoms with Crippen LogP contribution in [0.5, 0.6) is 0 Å². The Morgan fingerprint density at radius 1 is 1.00 bits per heavy atom. The molecule has 1 fully saturated rings. The molecular weight excluding hydrogens is 260 g/mol. The lowest BCUT2D eigenvalue weighted by Crippen LogP contribution is -2.60. The van der Waals surface area contributed by atoms with Gasteiger partial charge in [-0.05, 0) is 26.8 Å². The van der Waals surface area contributed by atoms with E-state index in [1.807, 2.05) is 0 Å². The largest absolute Gasteiger partial charge is 0.379 e. The highest BCUT2D eigenvalue weighted by Crippen LogP contribution is 2.24. The maximum absolute atomic E-state index is 5.51. The Kier molecular flexibility index (Phi) is 9.54. The minimum absolute atomic E-state index is 0.225. The summed E-state index contributed by atoms with van der Waals surface area (Å²) < 4.78 is 5.51. The molecule has 3 nitrogen and oxygen atoms in total. The molecule has 1 N–H and O–H groups in total. The molecule has 21 heavy (non-hydrogen) atoms. The van der Waals surface area contributed by atoms with Gasteiger partial charge in [0.15, 0.2) is 0 Å². The SMILES string of the molecule is CCCCCCCCC(NCC)C(C)(C)N1CCOCC1. The average Bonchev–Trinajstić information content (AvgIpc) is 2.50. The maximum atomic E-state index is 5.51. The molecule has 0 aliphatic carbocycles. The van der Waals surface area contributed by atoms with Gasteiger partial charge in [-0.15, -0.1) is 0 Å². The zero-order valence-corrected chi connectivity index (χ0v) is 14.9. The molecule has 0 saturated carbocycles. The molecule has 0 spiro atoms. The molecule has 1 heterocycles. The Hall–Kier alpha value is -0.120. The molecule has 1 unspecified atom stereocenters. The minimum atomic E-state index is 0.225. The molecule has 1 aliphatic rings. The van der Waals surface area contributed by atoms with E-state index in [0.29, 0.717) is 6.04 Å². The van der Waals surface area contributed by atoms with E-state index in [4.69, 9.17) is 4.74 Å². The van der Waals surface area contributed by atoms with E-state index in [1.165, 1.54) is 44.9 Å². The zero-order valence-electron chi connectivity index (χ0n) is 14.9. The smallest absolute Gasteiger partial charge is 0.0594 e. The van der Waals surface area contributed by atoms with Crippen molar-refractivity contribution in [3.8, 4) is 0 Å². The normalized spacial score (nSPS) is 18.9. The molecule has 0 aromatic carbocycles. The minimum Gasteiger partial charge on any atom is -0.379 e. The molecule has 3 heteroatoms. The number of unbranched alkanes of at least 4 members (excludes halogenated alkanes) is 5. The van der Waals surface area contributed by atoms with E-state index in [1.54, 1.807) is 0 Å². The summed E-state index contributed by atoms with van der Waals surface area (Å²) in [6, 6.07) is 0.590. The Balaban J connectivity index is 2.38. The number of rotatable bonds is 11. The highest BCUT2D eigenvalue weighted by atomic mass is 16.5. The van der Waals surface area contributed by atoms with Gasteiger partial charge >= 0.3 is 0 Å². The number of nitrogens with zero attached hydrogens (tertiary/aromatic N) is 1. The van der Waals surface area contributed by atoms with Crippen molar-refractivity contribution in [2.24, 2.45) is 0 Å².